The monoisotopic (exact) mass is 741 g/mol. The molecular formula is C52H31N5O. The van der Waals surface area contributed by atoms with Crippen molar-refractivity contribution in [3.63, 3.8) is 0 Å². The molecule has 6 nitrogen and oxygen atoms in total. The van der Waals surface area contributed by atoms with Crippen LogP contribution in [0, 0.1) is 0 Å². The van der Waals surface area contributed by atoms with Gasteiger partial charge in [-0.2, -0.15) is 0 Å². The standard InChI is InChI=1S/C52H31N5O/c1-4-14-32(15-5-1)49-40-27-29-46-48(39-21-11-13-23-45(39)58-46)47(40)38-26-24-35(31-42(38)53-49)52-55-50(33-16-6-2-7-17-33)54-51(56-52)34-25-28-44-41(30-34)37-20-10-12-22-43(37)57(44)36-18-8-3-9-19-36/h1-31H. The van der Waals surface area contributed by atoms with Gasteiger partial charge in [-0.3, -0.25) is 0 Å². The molecule has 12 aromatic rings. The summed E-state index contributed by atoms with van der Waals surface area (Å²) in [5.74, 6) is 1.79. The molecule has 0 aliphatic carbocycles. The molecule has 0 fully saturated rings. The van der Waals surface area contributed by atoms with Crippen LogP contribution in [-0.2, 0) is 0 Å². The third-order valence-electron chi connectivity index (χ3n) is 11.2. The highest BCUT2D eigenvalue weighted by atomic mass is 16.3. The van der Waals surface area contributed by atoms with Gasteiger partial charge in [-0.05, 0) is 60.7 Å². The van der Waals surface area contributed by atoms with Crippen molar-refractivity contribution in [2.75, 3.05) is 0 Å². The first-order chi connectivity index (χ1) is 28.7. The Bertz CT molecular complexity index is 3560. The summed E-state index contributed by atoms with van der Waals surface area (Å²) in [5.41, 5.74) is 10.6. The first-order valence-electron chi connectivity index (χ1n) is 19.4. The summed E-state index contributed by atoms with van der Waals surface area (Å²) in [6.07, 6.45) is 0. The highest BCUT2D eigenvalue weighted by Gasteiger charge is 2.20. The lowest BCUT2D eigenvalue weighted by molar-refractivity contribution is 0.669. The SMILES string of the molecule is c1ccc(-c2nc(-c3ccc4c(c3)nc(-c3ccccc3)c3ccc5oc6ccccc6c5c34)nc(-c3ccc4c(c3)c3ccccc3n4-c3ccccc3)n2)cc1. The molecule has 0 amide bonds. The van der Waals surface area contributed by atoms with Crippen LogP contribution in [-0.4, -0.2) is 24.5 Å². The first-order valence-corrected chi connectivity index (χ1v) is 19.4. The van der Waals surface area contributed by atoms with E-state index in [9.17, 15) is 0 Å². The molecule has 58 heavy (non-hydrogen) atoms. The van der Waals surface area contributed by atoms with E-state index in [1.807, 2.05) is 54.6 Å². The molecule has 0 aliphatic heterocycles. The minimum Gasteiger partial charge on any atom is -0.456 e. The molecule has 6 heteroatoms. The van der Waals surface area contributed by atoms with Gasteiger partial charge in [-0.15, -0.1) is 0 Å². The van der Waals surface area contributed by atoms with Gasteiger partial charge < -0.3 is 8.98 Å². The van der Waals surface area contributed by atoms with E-state index in [0.717, 1.165) is 93.7 Å². The Kier molecular flexibility index (Phi) is 7.13. The fourth-order valence-corrected chi connectivity index (χ4v) is 8.58. The Morgan fingerprint density at radius 3 is 1.71 bits per heavy atom. The molecule has 0 radical (unpaired) electrons. The van der Waals surface area contributed by atoms with E-state index < -0.39 is 0 Å². The van der Waals surface area contributed by atoms with E-state index >= 15 is 0 Å². The van der Waals surface area contributed by atoms with Crippen molar-refractivity contribution in [2.24, 2.45) is 0 Å². The average Bonchev–Trinajstić information content (AvgIpc) is 3.85. The number of rotatable bonds is 5. The van der Waals surface area contributed by atoms with Gasteiger partial charge in [0.25, 0.3) is 0 Å². The molecule has 4 aromatic heterocycles. The molecule has 270 valence electrons. The minimum absolute atomic E-state index is 0.577. The van der Waals surface area contributed by atoms with Crippen molar-refractivity contribution in [3.8, 4) is 51.1 Å². The fourth-order valence-electron chi connectivity index (χ4n) is 8.58. The summed E-state index contributed by atoms with van der Waals surface area (Å²) in [7, 11) is 0. The number of para-hydroxylation sites is 3. The smallest absolute Gasteiger partial charge is 0.164 e. The van der Waals surface area contributed by atoms with Crippen LogP contribution in [0.4, 0.5) is 0 Å². The van der Waals surface area contributed by atoms with Crippen molar-refractivity contribution in [1.82, 2.24) is 24.5 Å². The lowest BCUT2D eigenvalue weighted by Gasteiger charge is -2.13. The quantitative estimate of drug-likeness (QED) is 0.164. The van der Waals surface area contributed by atoms with Crippen molar-refractivity contribution >= 4 is 65.4 Å². The molecule has 0 saturated carbocycles. The Labute approximate surface area is 332 Å². The lowest BCUT2D eigenvalue weighted by atomic mass is 9.95. The summed E-state index contributed by atoms with van der Waals surface area (Å²) in [6.45, 7) is 0. The molecule has 0 aliphatic rings. The number of aromatic nitrogens is 5. The van der Waals surface area contributed by atoms with Gasteiger partial charge in [0.15, 0.2) is 17.5 Å². The largest absolute Gasteiger partial charge is 0.456 e. The molecule has 0 bridgehead atoms. The topological polar surface area (TPSA) is 69.6 Å². The third-order valence-corrected chi connectivity index (χ3v) is 11.2. The second-order valence-corrected chi connectivity index (χ2v) is 14.6. The van der Waals surface area contributed by atoms with E-state index in [1.165, 1.54) is 5.39 Å². The van der Waals surface area contributed by atoms with Crippen molar-refractivity contribution < 1.29 is 4.42 Å². The van der Waals surface area contributed by atoms with Crippen LogP contribution in [0.2, 0.25) is 0 Å². The Hall–Kier alpha value is -7.96. The predicted octanol–water partition coefficient (Wildman–Crippen LogP) is 13.2. The number of nitrogens with zero attached hydrogens (tertiary/aromatic N) is 5. The van der Waals surface area contributed by atoms with Crippen LogP contribution >= 0.6 is 0 Å². The van der Waals surface area contributed by atoms with E-state index in [-0.39, 0.29) is 0 Å². The molecule has 0 atom stereocenters. The highest BCUT2D eigenvalue weighted by molar-refractivity contribution is 6.28. The van der Waals surface area contributed by atoms with Gasteiger partial charge >= 0.3 is 0 Å². The Morgan fingerprint density at radius 2 is 0.931 bits per heavy atom. The highest BCUT2D eigenvalue weighted by Crippen LogP contribution is 2.42. The van der Waals surface area contributed by atoms with Crippen LogP contribution in [0.1, 0.15) is 0 Å². The number of pyridine rings is 1. The summed E-state index contributed by atoms with van der Waals surface area (Å²) >= 11 is 0. The summed E-state index contributed by atoms with van der Waals surface area (Å²) in [6, 6.07) is 64.9. The zero-order valence-corrected chi connectivity index (χ0v) is 31.0. The van der Waals surface area contributed by atoms with Gasteiger partial charge in [0, 0.05) is 65.6 Å². The molecule has 0 spiro atoms. The number of benzene rings is 8. The summed E-state index contributed by atoms with van der Waals surface area (Å²) in [4.78, 5) is 20.8. The molecule has 0 saturated heterocycles. The Morgan fingerprint density at radius 1 is 0.345 bits per heavy atom. The lowest BCUT2D eigenvalue weighted by Crippen LogP contribution is -2.00. The van der Waals surface area contributed by atoms with Crippen LogP contribution < -0.4 is 0 Å². The zero-order chi connectivity index (χ0) is 38.2. The number of furan rings is 1. The van der Waals surface area contributed by atoms with Crippen LogP contribution in [0.5, 0.6) is 0 Å². The molecule has 12 rings (SSSR count). The van der Waals surface area contributed by atoms with Gasteiger partial charge in [0.2, 0.25) is 0 Å². The average molecular weight is 742 g/mol. The maximum atomic E-state index is 6.38. The molecular weight excluding hydrogens is 711 g/mol. The van der Waals surface area contributed by atoms with Gasteiger partial charge in [-0.25, -0.2) is 19.9 Å². The second-order valence-electron chi connectivity index (χ2n) is 14.6. The normalized spacial score (nSPS) is 11.8. The van der Waals surface area contributed by atoms with Crippen molar-refractivity contribution in [1.29, 1.82) is 0 Å². The minimum atomic E-state index is 0.577. The second kappa shape index (κ2) is 12.8. The first kappa shape index (κ1) is 32.3. The van der Waals surface area contributed by atoms with Gasteiger partial charge in [0.1, 0.15) is 11.2 Å². The maximum absolute atomic E-state index is 6.38. The van der Waals surface area contributed by atoms with Crippen molar-refractivity contribution in [3.05, 3.63) is 188 Å². The zero-order valence-electron chi connectivity index (χ0n) is 31.0. The molecule has 0 unspecified atom stereocenters. The molecule has 8 aromatic carbocycles. The third kappa shape index (κ3) is 5.05. The number of fused-ring (bicyclic) bond motifs is 10. The molecule has 4 heterocycles. The van der Waals surface area contributed by atoms with Crippen LogP contribution in [0.25, 0.3) is 117 Å². The van der Waals surface area contributed by atoms with Crippen LogP contribution in [0.15, 0.2) is 192 Å². The van der Waals surface area contributed by atoms with E-state index in [0.29, 0.717) is 17.5 Å². The maximum Gasteiger partial charge on any atom is 0.164 e. The van der Waals surface area contributed by atoms with Gasteiger partial charge in [0.05, 0.1) is 22.2 Å². The summed E-state index contributed by atoms with van der Waals surface area (Å²) < 4.78 is 8.70. The number of hydrogen-bond donors (Lipinski definition) is 0. The van der Waals surface area contributed by atoms with Gasteiger partial charge in [-0.1, -0.05) is 127 Å². The predicted molar refractivity (Wildman–Crippen MR) is 236 cm³/mol. The Balaban J connectivity index is 1.09. The fraction of sp³-hybridized carbons (Fsp3) is 0. The van der Waals surface area contributed by atoms with Crippen LogP contribution in [0.3, 0.4) is 0 Å². The van der Waals surface area contributed by atoms with E-state index in [1.54, 1.807) is 0 Å². The number of hydrogen-bond acceptors (Lipinski definition) is 5. The molecule has 0 N–H and O–H groups in total. The van der Waals surface area contributed by atoms with Crippen molar-refractivity contribution in [2.45, 2.75) is 0 Å². The summed E-state index contributed by atoms with van der Waals surface area (Å²) in [5, 5.41) is 7.69. The van der Waals surface area contributed by atoms with E-state index in [4.69, 9.17) is 24.4 Å². The van der Waals surface area contributed by atoms with E-state index in [2.05, 4.69) is 138 Å².